The van der Waals surface area contributed by atoms with Gasteiger partial charge in [0.25, 0.3) is 5.91 Å². The highest BCUT2D eigenvalue weighted by Gasteiger charge is 2.09. The van der Waals surface area contributed by atoms with Crippen molar-refractivity contribution in [2.45, 2.75) is 13.5 Å². The van der Waals surface area contributed by atoms with E-state index < -0.39 is 0 Å². The second-order valence-electron chi connectivity index (χ2n) is 5.71. The van der Waals surface area contributed by atoms with Gasteiger partial charge in [-0.25, -0.2) is 4.98 Å². The van der Waals surface area contributed by atoms with E-state index in [0.717, 1.165) is 5.56 Å². The molecule has 0 spiro atoms. The summed E-state index contributed by atoms with van der Waals surface area (Å²) >= 11 is 6.08. The second-order valence-corrected chi connectivity index (χ2v) is 6.11. The maximum atomic E-state index is 12.4. The van der Waals surface area contributed by atoms with Crippen molar-refractivity contribution in [1.82, 2.24) is 4.98 Å². The predicted molar refractivity (Wildman–Crippen MR) is 102 cm³/mol. The Hall–Kier alpha value is -2.85. The minimum atomic E-state index is -0.228. The number of halogens is 1. The monoisotopic (exact) mass is 351 g/mol. The van der Waals surface area contributed by atoms with Crippen LogP contribution in [0.5, 0.6) is 0 Å². The summed E-state index contributed by atoms with van der Waals surface area (Å²) in [6.45, 7) is 2.70. The number of carbonyl (C=O) groups excluding carboxylic acids is 1. The van der Waals surface area contributed by atoms with Crippen LogP contribution < -0.4 is 10.6 Å². The summed E-state index contributed by atoms with van der Waals surface area (Å²) in [5, 5.41) is 6.55. The molecule has 0 aliphatic heterocycles. The van der Waals surface area contributed by atoms with Crippen molar-refractivity contribution in [1.29, 1.82) is 0 Å². The lowest BCUT2D eigenvalue weighted by Gasteiger charge is -2.09. The first-order valence-electron chi connectivity index (χ1n) is 7.93. The van der Waals surface area contributed by atoms with Crippen LogP contribution in [0.2, 0.25) is 5.02 Å². The van der Waals surface area contributed by atoms with Crippen molar-refractivity contribution in [2.75, 3.05) is 10.6 Å². The number of hydrogen-bond acceptors (Lipinski definition) is 3. The van der Waals surface area contributed by atoms with Crippen LogP contribution in [0.4, 0.5) is 11.5 Å². The lowest BCUT2D eigenvalue weighted by molar-refractivity contribution is 0.102. The van der Waals surface area contributed by atoms with Gasteiger partial charge in [-0.3, -0.25) is 4.79 Å². The topological polar surface area (TPSA) is 54.0 Å². The summed E-state index contributed by atoms with van der Waals surface area (Å²) in [6.07, 6.45) is 1.61. The molecule has 2 N–H and O–H groups in total. The summed E-state index contributed by atoms with van der Waals surface area (Å²) in [7, 11) is 0. The number of aryl methyl sites for hydroxylation is 1. The highest BCUT2D eigenvalue weighted by molar-refractivity contribution is 6.33. The zero-order chi connectivity index (χ0) is 17.6. The van der Waals surface area contributed by atoms with Crippen LogP contribution in [-0.2, 0) is 6.54 Å². The molecule has 0 unspecified atom stereocenters. The van der Waals surface area contributed by atoms with E-state index >= 15 is 0 Å². The van der Waals surface area contributed by atoms with Crippen molar-refractivity contribution >= 4 is 29.0 Å². The number of amides is 1. The molecular formula is C20H18ClN3O. The van der Waals surface area contributed by atoms with E-state index in [1.165, 1.54) is 5.56 Å². The molecule has 4 nitrogen and oxygen atoms in total. The number of benzene rings is 2. The van der Waals surface area contributed by atoms with Gasteiger partial charge in [0, 0.05) is 18.3 Å². The van der Waals surface area contributed by atoms with E-state index in [4.69, 9.17) is 11.6 Å². The first-order valence-corrected chi connectivity index (χ1v) is 8.31. The Labute approximate surface area is 151 Å². The van der Waals surface area contributed by atoms with Gasteiger partial charge < -0.3 is 10.6 Å². The lowest BCUT2D eigenvalue weighted by Crippen LogP contribution is -2.13. The Morgan fingerprint density at radius 2 is 1.92 bits per heavy atom. The first-order chi connectivity index (χ1) is 12.1. The van der Waals surface area contributed by atoms with Crippen LogP contribution in [0, 0.1) is 6.92 Å². The number of rotatable bonds is 5. The average molecular weight is 352 g/mol. The van der Waals surface area contributed by atoms with Crippen molar-refractivity contribution < 1.29 is 4.79 Å². The SMILES string of the molecule is Cc1cccc(CNc2cc(C(=O)Nc3ccccc3Cl)ccn2)c1. The molecule has 1 heterocycles. The highest BCUT2D eigenvalue weighted by atomic mass is 35.5. The van der Waals surface area contributed by atoms with Crippen LogP contribution in [0.3, 0.4) is 0 Å². The number of hydrogen-bond donors (Lipinski definition) is 2. The Kier molecular flexibility index (Phi) is 5.31. The fourth-order valence-electron chi connectivity index (χ4n) is 2.44. The minimum absolute atomic E-state index is 0.228. The number of carbonyl (C=O) groups is 1. The van der Waals surface area contributed by atoms with E-state index in [-0.39, 0.29) is 5.91 Å². The largest absolute Gasteiger partial charge is 0.366 e. The Bertz CT molecular complexity index is 895. The number of pyridine rings is 1. The molecule has 0 aliphatic carbocycles. The molecule has 3 aromatic rings. The fraction of sp³-hybridized carbons (Fsp3) is 0.100. The number of anilines is 2. The fourth-order valence-corrected chi connectivity index (χ4v) is 2.62. The zero-order valence-corrected chi connectivity index (χ0v) is 14.5. The second kappa shape index (κ2) is 7.81. The van der Waals surface area contributed by atoms with Gasteiger partial charge in [0.05, 0.1) is 10.7 Å². The number of aromatic nitrogens is 1. The third-order valence-corrected chi connectivity index (χ3v) is 4.03. The van der Waals surface area contributed by atoms with E-state index in [1.54, 1.807) is 30.5 Å². The quantitative estimate of drug-likeness (QED) is 0.686. The van der Waals surface area contributed by atoms with E-state index in [9.17, 15) is 4.79 Å². The third kappa shape index (κ3) is 4.58. The van der Waals surface area contributed by atoms with Crippen molar-refractivity contribution in [2.24, 2.45) is 0 Å². The highest BCUT2D eigenvalue weighted by Crippen LogP contribution is 2.21. The molecule has 2 aromatic carbocycles. The molecule has 5 heteroatoms. The third-order valence-electron chi connectivity index (χ3n) is 3.70. The summed E-state index contributed by atoms with van der Waals surface area (Å²) in [5.41, 5.74) is 3.47. The van der Waals surface area contributed by atoms with Crippen molar-refractivity contribution in [3.63, 3.8) is 0 Å². The van der Waals surface area contributed by atoms with Crippen molar-refractivity contribution in [3.05, 3.63) is 88.6 Å². The van der Waals surface area contributed by atoms with Crippen LogP contribution >= 0.6 is 11.6 Å². The van der Waals surface area contributed by atoms with Crippen LogP contribution in [0.15, 0.2) is 66.9 Å². The predicted octanol–water partition coefficient (Wildman–Crippen LogP) is 4.91. The Morgan fingerprint density at radius 3 is 2.72 bits per heavy atom. The van der Waals surface area contributed by atoms with Gasteiger partial charge in [-0.15, -0.1) is 0 Å². The van der Waals surface area contributed by atoms with E-state index in [1.807, 2.05) is 24.3 Å². The Balaban J connectivity index is 1.68. The molecule has 0 saturated carbocycles. The smallest absolute Gasteiger partial charge is 0.255 e. The standard InChI is InChI=1S/C20H18ClN3O/c1-14-5-4-6-15(11-14)13-23-19-12-16(9-10-22-19)20(25)24-18-8-3-2-7-17(18)21/h2-12H,13H2,1H3,(H,22,23)(H,24,25). The molecule has 0 saturated heterocycles. The molecule has 0 bridgehead atoms. The number of nitrogens with one attached hydrogen (secondary N) is 2. The molecule has 1 aromatic heterocycles. The van der Waals surface area contributed by atoms with Gasteiger partial charge in [-0.2, -0.15) is 0 Å². The normalized spacial score (nSPS) is 10.3. The summed E-state index contributed by atoms with van der Waals surface area (Å²) in [6, 6.07) is 18.8. The van der Waals surface area contributed by atoms with Gasteiger partial charge in [0.2, 0.25) is 0 Å². The van der Waals surface area contributed by atoms with Crippen LogP contribution in [0.25, 0.3) is 0 Å². The molecule has 126 valence electrons. The maximum absolute atomic E-state index is 12.4. The number of para-hydroxylation sites is 1. The van der Waals surface area contributed by atoms with Gasteiger partial charge >= 0.3 is 0 Å². The van der Waals surface area contributed by atoms with Crippen LogP contribution in [0.1, 0.15) is 21.5 Å². The molecule has 1 amide bonds. The van der Waals surface area contributed by atoms with E-state index in [0.29, 0.717) is 28.6 Å². The molecule has 0 aliphatic rings. The first kappa shape index (κ1) is 17.0. The number of nitrogens with zero attached hydrogens (tertiary/aromatic N) is 1. The van der Waals surface area contributed by atoms with Crippen molar-refractivity contribution in [3.8, 4) is 0 Å². The maximum Gasteiger partial charge on any atom is 0.255 e. The molecule has 3 rings (SSSR count). The minimum Gasteiger partial charge on any atom is -0.366 e. The lowest BCUT2D eigenvalue weighted by atomic mass is 10.1. The Morgan fingerprint density at radius 1 is 1.08 bits per heavy atom. The molecule has 0 fully saturated rings. The van der Waals surface area contributed by atoms with Gasteiger partial charge in [-0.05, 0) is 36.8 Å². The molecule has 0 radical (unpaired) electrons. The average Bonchev–Trinajstić information content (AvgIpc) is 2.62. The summed E-state index contributed by atoms with van der Waals surface area (Å²) in [5.74, 6) is 0.419. The van der Waals surface area contributed by atoms with E-state index in [2.05, 4.69) is 34.7 Å². The summed E-state index contributed by atoms with van der Waals surface area (Å²) in [4.78, 5) is 16.7. The molecule has 25 heavy (non-hydrogen) atoms. The van der Waals surface area contributed by atoms with Crippen LogP contribution in [-0.4, -0.2) is 10.9 Å². The van der Waals surface area contributed by atoms with Gasteiger partial charge in [0.15, 0.2) is 0 Å². The zero-order valence-electron chi connectivity index (χ0n) is 13.8. The molecular weight excluding hydrogens is 334 g/mol. The summed E-state index contributed by atoms with van der Waals surface area (Å²) < 4.78 is 0. The van der Waals surface area contributed by atoms with Gasteiger partial charge in [-0.1, -0.05) is 53.6 Å². The molecule has 0 atom stereocenters. The van der Waals surface area contributed by atoms with Gasteiger partial charge in [0.1, 0.15) is 5.82 Å².